The van der Waals surface area contributed by atoms with E-state index in [4.69, 9.17) is 0 Å². The molecule has 1 atom stereocenters. The summed E-state index contributed by atoms with van der Waals surface area (Å²) in [6, 6.07) is 22.3. The first-order chi connectivity index (χ1) is 13.8. The molecule has 0 saturated heterocycles. The Labute approximate surface area is 171 Å². The van der Waals surface area contributed by atoms with Crippen molar-refractivity contribution in [1.29, 1.82) is 0 Å². The Bertz CT molecular complexity index is 653. The standard InChI is InChI=1S/C26H36N2/c1-22(28-20-17-23-11-5-2-6-12-23)21-27-19-18-26(24-13-7-3-8-14-24)25-15-9-4-10-16-25/h3-4,7-11,13-16,22,26-28H,2,5-6,12,17-21H2,1H3. The largest absolute Gasteiger partial charge is 0.315 e. The lowest BCUT2D eigenvalue weighted by atomic mass is 9.88. The summed E-state index contributed by atoms with van der Waals surface area (Å²) in [4.78, 5) is 0. The summed E-state index contributed by atoms with van der Waals surface area (Å²) < 4.78 is 0. The fourth-order valence-electron chi connectivity index (χ4n) is 4.14. The Kier molecular flexibility index (Phi) is 8.80. The van der Waals surface area contributed by atoms with E-state index < -0.39 is 0 Å². The van der Waals surface area contributed by atoms with Gasteiger partial charge < -0.3 is 10.6 Å². The van der Waals surface area contributed by atoms with Crippen LogP contribution in [0.1, 0.15) is 62.5 Å². The molecule has 0 amide bonds. The molecule has 1 aliphatic rings. The predicted molar refractivity (Wildman–Crippen MR) is 121 cm³/mol. The fraction of sp³-hybridized carbons (Fsp3) is 0.462. The predicted octanol–water partition coefficient (Wildman–Crippen LogP) is 5.67. The van der Waals surface area contributed by atoms with E-state index in [9.17, 15) is 0 Å². The molecule has 1 aliphatic carbocycles. The first kappa shape index (κ1) is 20.8. The molecule has 1 unspecified atom stereocenters. The van der Waals surface area contributed by atoms with Crippen LogP contribution < -0.4 is 10.6 Å². The van der Waals surface area contributed by atoms with E-state index in [1.807, 2.05) is 0 Å². The number of nitrogens with one attached hydrogen (secondary N) is 2. The molecule has 0 saturated carbocycles. The van der Waals surface area contributed by atoms with Crippen LogP contribution >= 0.6 is 0 Å². The van der Waals surface area contributed by atoms with Gasteiger partial charge in [0.25, 0.3) is 0 Å². The van der Waals surface area contributed by atoms with Crippen LogP contribution in [0.3, 0.4) is 0 Å². The first-order valence-corrected chi connectivity index (χ1v) is 11.0. The maximum absolute atomic E-state index is 3.68. The highest BCUT2D eigenvalue weighted by Crippen LogP contribution is 2.27. The summed E-state index contributed by atoms with van der Waals surface area (Å²) in [5.41, 5.74) is 4.47. The van der Waals surface area contributed by atoms with Crippen molar-refractivity contribution >= 4 is 0 Å². The second-order valence-corrected chi connectivity index (χ2v) is 8.08. The summed E-state index contributed by atoms with van der Waals surface area (Å²) in [6.07, 6.45) is 10.2. The lowest BCUT2D eigenvalue weighted by Gasteiger charge is -2.20. The van der Waals surface area contributed by atoms with Gasteiger partial charge in [0.1, 0.15) is 0 Å². The molecule has 0 fully saturated rings. The lowest BCUT2D eigenvalue weighted by molar-refractivity contribution is 0.491. The van der Waals surface area contributed by atoms with E-state index in [-0.39, 0.29) is 0 Å². The van der Waals surface area contributed by atoms with Crippen LogP contribution in [0, 0.1) is 0 Å². The summed E-state index contributed by atoms with van der Waals surface area (Å²) in [7, 11) is 0. The minimum atomic E-state index is 0.455. The van der Waals surface area contributed by atoms with Crippen LogP contribution in [-0.4, -0.2) is 25.7 Å². The van der Waals surface area contributed by atoms with Crippen molar-refractivity contribution in [2.24, 2.45) is 0 Å². The second-order valence-electron chi connectivity index (χ2n) is 8.08. The molecule has 2 aromatic rings. The number of allylic oxidation sites excluding steroid dienone is 1. The Hall–Kier alpha value is -1.90. The molecule has 3 rings (SSSR count). The summed E-state index contributed by atoms with van der Waals surface area (Å²) in [5, 5.41) is 7.34. The van der Waals surface area contributed by atoms with Gasteiger partial charge in [-0.1, -0.05) is 72.3 Å². The van der Waals surface area contributed by atoms with Gasteiger partial charge in [-0.15, -0.1) is 0 Å². The van der Waals surface area contributed by atoms with Crippen molar-refractivity contribution in [2.75, 3.05) is 19.6 Å². The van der Waals surface area contributed by atoms with Crippen molar-refractivity contribution in [3.63, 3.8) is 0 Å². The quantitative estimate of drug-likeness (QED) is 0.390. The molecular formula is C26H36N2. The smallest absolute Gasteiger partial charge is 0.0164 e. The third kappa shape index (κ3) is 6.92. The normalized spacial score (nSPS) is 15.4. The maximum Gasteiger partial charge on any atom is 0.0164 e. The van der Waals surface area contributed by atoms with Crippen molar-refractivity contribution in [3.05, 3.63) is 83.4 Å². The summed E-state index contributed by atoms with van der Waals surface area (Å²) in [6.45, 7) is 5.44. The Morgan fingerprint density at radius 2 is 1.54 bits per heavy atom. The van der Waals surface area contributed by atoms with Crippen molar-refractivity contribution in [3.8, 4) is 0 Å². The molecule has 2 N–H and O–H groups in total. The van der Waals surface area contributed by atoms with Gasteiger partial charge in [0.15, 0.2) is 0 Å². The molecule has 150 valence electrons. The molecule has 2 nitrogen and oxygen atoms in total. The summed E-state index contributed by atoms with van der Waals surface area (Å²) >= 11 is 0. The average molecular weight is 377 g/mol. The van der Waals surface area contributed by atoms with Crippen LogP contribution in [0.4, 0.5) is 0 Å². The lowest BCUT2D eigenvalue weighted by Crippen LogP contribution is -2.37. The Morgan fingerprint density at radius 3 is 2.14 bits per heavy atom. The highest BCUT2D eigenvalue weighted by atomic mass is 15.0. The van der Waals surface area contributed by atoms with Gasteiger partial charge in [-0.25, -0.2) is 0 Å². The molecule has 0 aromatic heterocycles. The monoisotopic (exact) mass is 376 g/mol. The van der Waals surface area contributed by atoms with E-state index >= 15 is 0 Å². The number of hydrogen-bond acceptors (Lipinski definition) is 2. The molecule has 0 bridgehead atoms. The third-order valence-corrected chi connectivity index (χ3v) is 5.79. The topological polar surface area (TPSA) is 24.1 Å². The molecule has 2 aromatic carbocycles. The van der Waals surface area contributed by atoms with Gasteiger partial charge in [-0.05, 0) is 69.7 Å². The highest BCUT2D eigenvalue weighted by molar-refractivity contribution is 5.32. The van der Waals surface area contributed by atoms with Gasteiger partial charge in [0, 0.05) is 18.5 Å². The van der Waals surface area contributed by atoms with E-state index in [0.29, 0.717) is 12.0 Å². The minimum Gasteiger partial charge on any atom is -0.315 e. The summed E-state index contributed by atoms with van der Waals surface area (Å²) in [5.74, 6) is 0.455. The van der Waals surface area contributed by atoms with Crippen LogP contribution in [0.25, 0.3) is 0 Å². The molecular weight excluding hydrogens is 340 g/mol. The van der Waals surface area contributed by atoms with Crippen LogP contribution in [0.15, 0.2) is 72.3 Å². The maximum atomic E-state index is 3.68. The van der Waals surface area contributed by atoms with Gasteiger partial charge in [0.2, 0.25) is 0 Å². The zero-order valence-electron chi connectivity index (χ0n) is 17.4. The Morgan fingerprint density at radius 1 is 0.857 bits per heavy atom. The van der Waals surface area contributed by atoms with E-state index in [1.165, 1.54) is 43.2 Å². The van der Waals surface area contributed by atoms with Gasteiger partial charge in [-0.3, -0.25) is 0 Å². The van der Waals surface area contributed by atoms with E-state index in [0.717, 1.165) is 26.1 Å². The van der Waals surface area contributed by atoms with Crippen molar-refractivity contribution in [1.82, 2.24) is 10.6 Å². The zero-order chi connectivity index (χ0) is 19.4. The van der Waals surface area contributed by atoms with Crippen LogP contribution in [0.2, 0.25) is 0 Å². The van der Waals surface area contributed by atoms with E-state index in [2.05, 4.69) is 84.3 Å². The highest BCUT2D eigenvalue weighted by Gasteiger charge is 2.13. The zero-order valence-corrected chi connectivity index (χ0v) is 17.4. The van der Waals surface area contributed by atoms with Crippen molar-refractivity contribution in [2.45, 2.75) is 57.4 Å². The molecule has 0 heterocycles. The second kappa shape index (κ2) is 11.8. The number of benzene rings is 2. The third-order valence-electron chi connectivity index (χ3n) is 5.79. The van der Waals surface area contributed by atoms with Crippen LogP contribution in [0.5, 0.6) is 0 Å². The molecule has 28 heavy (non-hydrogen) atoms. The van der Waals surface area contributed by atoms with Gasteiger partial charge >= 0.3 is 0 Å². The van der Waals surface area contributed by atoms with E-state index in [1.54, 1.807) is 5.57 Å². The van der Waals surface area contributed by atoms with Crippen LogP contribution in [-0.2, 0) is 0 Å². The number of rotatable bonds is 11. The Balaban J connectivity index is 1.40. The van der Waals surface area contributed by atoms with Gasteiger partial charge in [-0.2, -0.15) is 0 Å². The first-order valence-electron chi connectivity index (χ1n) is 11.0. The molecule has 0 aliphatic heterocycles. The van der Waals surface area contributed by atoms with Crippen molar-refractivity contribution < 1.29 is 0 Å². The van der Waals surface area contributed by atoms with Gasteiger partial charge in [0.05, 0.1) is 0 Å². The molecule has 2 heteroatoms. The molecule has 0 spiro atoms. The SMILES string of the molecule is CC(CNCCC(c1ccccc1)c1ccccc1)NCCC1=CCCCC1. The average Bonchev–Trinajstić information content (AvgIpc) is 2.76. The minimum absolute atomic E-state index is 0.455. The number of hydrogen-bond donors (Lipinski definition) is 2. The fourth-order valence-corrected chi connectivity index (χ4v) is 4.14. The molecule has 0 radical (unpaired) electrons.